The quantitative estimate of drug-likeness (QED) is 0.500. The van der Waals surface area contributed by atoms with Crippen molar-refractivity contribution in [3.8, 4) is 0 Å². The summed E-state index contributed by atoms with van der Waals surface area (Å²) in [4.78, 5) is 11.3. The van der Waals surface area contributed by atoms with Gasteiger partial charge in [0.25, 0.3) is 5.91 Å². The van der Waals surface area contributed by atoms with Gasteiger partial charge in [0.05, 0.1) is 0 Å². The highest BCUT2D eigenvalue weighted by molar-refractivity contribution is 9.10. The van der Waals surface area contributed by atoms with E-state index < -0.39 is 0 Å². The maximum atomic E-state index is 11.3. The van der Waals surface area contributed by atoms with Crippen molar-refractivity contribution in [1.82, 2.24) is 9.99 Å². The fourth-order valence-corrected chi connectivity index (χ4v) is 2.33. The molecule has 0 spiro atoms. The molecule has 16 heavy (non-hydrogen) atoms. The Balaban J connectivity index is 2.59. The predicted molar refractivity (Wildman–Crippen MR) is 66.7 cm³/mol. The summed E-state index contributed by atoms with van der Waals surface area (Å²) in [5.74, 6) is 4.88. The maximum absolute atomic E-state index is 11.3. The summed E-state index contributed by atoms with van der Waals surface area (Å²) in [6, 6.07) is 7.92. The van der Waals surface area contributed by atoms with Crippen LogP contribution in [0.1, 0.15) is 5.69 Å². The Morgan fingerprint density at radius 1 is 1.50 bits per heavy atom. The van der Waals surface area contributed by atoms with Crippen LogP contribution in [0.25, 0.3) is 10.9 Å². The molecule has 3 N–H and O–H groups in total. The van der Waals surface area contributed by atoms with E-state index in [1.54, 1.807) is 0 Å². The lowest BCUT2D eigenvalue weighted by Crippen LogP contribution is -2.33. The summed E-state index contributed by atoms with van der Waals surface area (Å²) in [6.07, 6.45) is 0. The van der Waals surface area contributed by atoms with Gasteiger partial charge in [-0.15, -0.1) is 0 Å². The van der Waals surface area contributed by atoms with Gasteiger partial charge in [-0.05, 0) is 28.9 Å². The number of fused-ring (bicyclic) bond motifs is 1. The number of para-hydroxylation sites is 1. The van der Waals surface area contributed by atoms with Gasteiger partial charge in [-0.25, -0.2) is 5.84 Å². The summed E-state index contributed by atoms with van der Waals surface area (Å²) in [5.41, 5.74) is 4.18. The molecule has 1 aromatic carbocycles. The van der Waals surface area contributed by atoms with Gasteiger partial charge in [0.15, 0.2) is 0 Å². The fraction of sp³-hybridized carbons (Fsp3) is 0.182. The summed E-state index contributed by atoms with van der Waals surface area (Å²) >= 11 is 3.53. The number of rotatable bonds is 2. The Hall–Kier alpha value is -1.33. The SMILES string of the molecule is Cc1c(Br)c2ccccc2n1CC(=O)NN. The smallest absolute Gasteiger partial charge is 0.253 e. The third-order valence-corrected chi connectivity index (χ3v) is 3.62. The van der Waals surface area contributed by atoms with Crippen molar-refractivity contribution in [1.29, 1.82) is 0 Å². The molecule has 0 fully saturated rings. The molecule has 0 atom stereocenters. The van der Waals surface area contributed by atoms with E-state index in [0.29, 0.717) is 0 Å². The second-order valence-electron chi connectivity index (χ2n) is 3.57. The molecule has 2 aromatic rings. The Morgan fingerprint density at radius 2 is 2.19 bits per heavy atom. The van der Waals surface area contributed by atoms with E-state index in [-0.39, 0.29) is 12.5 Å². The van der Waals surface area contributed by atoms with Crippen molar-refractivity contribution in [2.45, 2.75) is 13.5 Å². The zero-order valence-electron chi connectivity index (χ0n) is 8.83. The normalized spacial score (nSPS) is 10.7. The first-order chi connectivity index (χ1) is 7.65. The number of hydrogen-bond donors (Lipinski definition) is 2. The number of carbonyl (C=O) groups excluding carboxylic acids is 1. The van der Waals surface area contributed by atoms with Crippen LogP contribution >= 0.6 is 15.9 Å². The Kier molecular flexibility index (Phi) is 2.98. The molecule has 0 saturated carbocycles. The average molecular weight is 282 g/mol. The number of nitrogens with two attached hydrogens (primary N) is 1. The summed E-state index contributed by atoms with van der Waals surface area (Å²) < 4.78 is 2.95. The third-order valence-electron chi connectivity index (χ3n) is 2.62. The lowest BCUT2D eigenvalue weighted by Gasteiger charge is -2.06. The third kappa shape index (κ3) is 1.72. The first-order valence-corrected chi connectivity index (χ1v) is 5.67. The van der Waals surface area contributed by atoms with Gasteiger partial charge >= 0.3 is 0 Å². The number of aromatic nitrogens is 1. The average Bonchev–Trinajstić information content (AvgIpc) is 2.55. The van der Waals surface area contributed by atoms with E-state index in [1.165, 1.54) is 0 Å². The molecule has 0 unspecified atom stereocenters. The largest absolute Gasteiger partial charge is 0.334 e. The van der Waals surface area contributed by atoms with E-state index >= 15 is 0 Å². The molecule has 84 valence electrons. The van der Waals surface area contributed by atoms with Crippen molar-refractivity contribution in [2.75, 3.05) is 0 Å². The number of halogens is 1. The molecule has 0 aliphatic rings. The van der Waals surface area contributed by atoms with Crippen LogP contribution in [0.4, 0.5) is 0 Å². The number of amides is 1. The zero-order valence-corrected chi connectivity index (χ0v) is 10.4. The highest BCUT2D eigenvalue weighted by Gasteiger charge is 2.13. The molecule has 0 aliphatic heterocycles. The van der Waals surface area contributed by atoms with E-state index in [1.807, 2.05) is 35.8 Å². The van der Waals surface area contributed by atoms with Crippen LogP contribution in [0.5, 0.6) is 0 Å². The van der Waals surface area contributed by atoms with Crippen molar-refractivity contribution in [3.63, 3.8) is 0 Å². The summed E-state index contributed by atoms with van der Waals surface area (Å²) in [5, 5.41) is 1.10. The van der Waals surface area contributed by atoms with Crippen LogP contribution in [0, 0.1) is 6.92 Å². The van der Waals surface area contributed by atoms with Crippen LogP contribution < -0.4 is 11.3 Å². The highest BCUT2D eigenvalue weighted by atomic mass is 79.9. The fourth-order valence-electron chi connectivity index (χ4n) is 1.78. The van der Waals surface area contributed by atoms with Crippen molar-refractivity contribution < 1.29 is 4.79 Å². The van der Waals surface area contributed by atoms with Crippen molar-refractivity contribution in [2.24, 2.45) is 5.84 Å². The van der Waals surface area contributed by atoms with E-state index in [0.717, 1.165) is 21.1 Å². The van der Waals surface area contributed by atoms with Gasteiger partial charge in [-0.3, -0.25) is 10.2 Å². The monoisotopic (exact) mass is 281 g/mol. The van der Waals surface area contributed by atoms with Crippen molar-refractivity contribution in [3.05, 3.63) is 34.4 Å². The van der Waals surface area contributed by atoms with E-state index in [4.69, 9.17) is 5.84 Å². The minimum Gasteiger partial charge on any atom is -0.334 e. The lowest BCUT2D eigenvalue weighted by molar-refractivity contribution is -0.121. The zero-order chi connectivity index (χ0) is 11.7. The second kappa shape index (κ2) is 4.27. The number of hydrogen-bond acceptors (Lipinski definition) is 2. The molecule has 2 rings (SSSR count). The van der Waals surface area contributed by atoms with Gasteiger partial charge in [0.1, 0.15) is 6.54 Å². The lowest BCUT2D eigenvalue weighted by atomic mass is 10.2. The molecule has 1 amide bonds. The van der Waals surface area contributed by atoms with E-state index in [9.17, 15) is 4.79 Å². The molecule has 1 aromatic heterocycles. The minimum atomic E-state index is -0.212. The van der Waals surface area contributed by atoms with Crippen molar-refractivity contribution >= 4 is 32.7 Å². The minimum absolute atomic E-state index is 0.212. The van der Waals surface area contributed by atoms with Gasteiger partial charge in [0, 0.05) is 21.1 Å². The van der Waals surface area contributed by atoms with Gasteiger partial charge < -0.3 is 4.57 Å². The predicted octanol–water partition coefficient (Wildman–Crippen LogP) is 1.70. The van der Waals surface area contributed by atoms with Gasteiger partial charge in [0.2, 0.25) is 0 Å². The maximum Gasteiger partial charge on any atom is 0.253 e. The second-order valence-corrected chi connectivity index (χ2v) is 4.36. The molecule has 1 heterocycles. The molecule has 5 heteroatoms. The number of carbonyl (C=O) groups is 1. The van der Waals surface area contributed by atoms with Crippen LogP contribution in [0.2, 0.25) is 0 Å². The number of nitrogens with one attached hydrogen (secondary N) is 1. The topological polar surface area (TPSA) is 60.0 Å². The Bertz CT molecular complexity index is 547. The van der Waals surface area contributed by atoms with Crippen LogP contribution in [-0.4, -0.2) is 10.5 Å². The molecule has 0 aliphatic carbocycles. The first kappa shape index (κ1) is 11.2. The van der Waals surface area contributed by atoms with Gasteiger partial charge in [-0.1, -0.05) is 18.2 Å². The Morgan fingerprint density at radius 3 is 2.88 bits per heavy atom. The standard InChI is InChI=1S/C11H12BrN3O/c1-7-11(12)8-4-2-3-5-9(8)15(7)6-10(16)14-13/h2-5H,6,13H2,1H3,(H,14,16). The van der Waals surface area contributed by atoms with Gasteiger partial charge in [-0.2, -0.15) is 0 Å². The van der Waals surface area contributed by atoms with Crippen LogP contribution in [0.15, 0.2) is 28.7 Å². The van der Waals surface area contributed by atoms with E-state index in [2.05, 4.69) is 21.4 Å². The van der Waals surface area contributed by atoms with Crippen LogP contribution in [0.3, 0.4) is 0 Å². The number of hydrazine groups is 1. The highest BCUT2D eigenvalue weighted by Crippen LogP contribution is 2.30. The Labute approximate surface area is 102 Å². The molecule has 0 bridgehead atoms. The molecule has 0 radical (unpaired) electrons. The molecular weight excluding hydrogens is 270 g/mol. The number of benzene rings is 1. The summed E-state index contributed by atoms with van der Waals surface area (Å²) in [6.45, 7) is 2.20. The number of nitrogens with zero attached hydrogens (tertiary/aromatic N) is 1. The molecule has 0 saturated heterocycles. The molecule has 4 nitrogen and oxygen atoms in total. The summed E-state index contributed by atoms with van der Waals surface area (Å²) in [7, 11) is 0. The van der Waals surface area contributed by atoms with Crippen LogP contribution in [-0.2, 0) is 11.3 Å². The first-order valence-electron chi connectivity index (χ1n) is 4.88. The molecular formula is C11H12BrN3O.